The van der Waals surface area contributed by atoms with E-state index >= 15 is 0 Å². The molecule has 1 atom stereocenters. The van der Waals surface area contributed by atoms with E-state index in [1.165, 1.54) is 0 Å². The van der Waals surface area contributed by atoms with Gasteiger partial charge in [-0.25, -0.2) is 0 Å². The van der Waals surface area contributed by atoms with Gasteiger partial charge in [0, 0.05) is 12.8 Å². The lowest BCUT2D eigenvalue weighted by Crippen LogP contribution is -2.47. The van der Waals surface area contributed by atoms with E-state index < -0.39 is 5.60 Å². The van der Waals surface area contributed by atoms with Gasteiger partial charge in [-0.15, -0.1) is 0 Å². The van der Waals surface area contributed by atoms with Crippen molar-refractivity contribution in [2.24, 2.45) is 0 Å². The average molecular weight is 250 g/mol. The predicted octanol–water partition coefficient (Wildman–Crippen LogP) is 2.56. The maximum atomic E-state index is 10.7. The van der Waals surface area contributed by atoms with E-state index in [1.54, 1.807) is 7.11 Å². The molecule has 1 aromatic rings. The van der Waals surface area contributed by atoms with Crippen molar-refractivity contribution in [2.45, 2.75) is 44.3 Å². The number of aliphatic hydroxyl groups is 1. The van der Waals surface area contributed by atoms with E-state index in [1.807, 2.05) is 38.1 Å². The maximum absolute atomic E-state index is 10.7. The lowest BCUT2D eigenvalue weighted by molar-refractivity contribution is -0.143. The first-order valence-corrected chi connectivity index (χ1v) is 6.42. The molecule has 0 spiro atoms. The first-order chi connectivity index (χ1) is 8.44. The van der Waals surface area contributed by atoms with E-state index in [4.69, 9.17) is 9.47 Å². The van der Waals surface area contributed by atoms with Crippen molar-refractivity contribution < 1.29 is 14.6 Å². The Balaban J connectivity index is 2.17. The predicted molar refractivity (Wildman–Crippen MR) is 70.9 cm³/mol. The van der Waals surface area contributed by atoms with Gasteiger partial charge in [0.1, 0.15) is 5.75 Å². The summed E-state index contributed by atoms with van der Waals surface area (Å²) in [5.41, 5.74) is 0.103. The minimum atomic E-state index is -0.698. The monoisotopic (exact) mass is 250 g/mol. The first kappa shape index (κ1) is 13.4. The Morgan fingerprint density at radius 3 is 2.72 bits per heavy atom. The van der Waals surface area contributed by atoms with Crippen molar-refractivity contribution in [1.29, 1.82) is 0 Å². The Kier molecular flexibility index (Phi) is 3.64. The van der Waals surface area contributed by atoms with Gasteiger partial charge in [0.25, 0.3) is 0 Å². The molecule has 0 aromatic heterocycles. The minimum Gasteiger partial charge on any atom is -0.496 e. The molecule has 1 heterocycles. The highest BCUT2D eigenvalue weighted by Crippen LogP contribution is 2.35. The zero-order chi connectivity index (χ0) is 13.2. The minimum absolute atomic E-state index is 0.255. The standard InChI is InChI=1S/C15H22O3/c1-14(2)11-15(16,8-9-18-14)10-12-6-4-5-7-13(12)17-3/h4-7,16H,8-11H2,1-3H3. The molecular formula is C15H22O3. The van der Waals surface area contributed by atoms with Gasteiger partial charge in [-0.05, 0) is 31.9 Å². The number of benzene rings is 1. The summed E-state index contributed by atoms with van der Waals surface area (Å²) >= 11 is 0. The van der Waals surface area contributed by atoms with Crippen LogP contribution in [0.1, 0.15) is 32.3 Å². The maximum Gasteiger partial charge on any atom is 0.122 e. The fourth-order valence-corrected chi connectivity index (χ4v) is 2.80. The van der Waals surface area contributed by atoms with E-state index in [2.05, 4.69) is 0 Å². The zero-order valence-electron chi connectivity index (χ0n) is 11.4. The zero-order valence-corrected chi connectivity index (χ0v) is 11.4. The van der Waals surface area contributed by atoms with Gasteiger partial charge in [-0.3, -0.25) is 0 Å². The number of ether oxygens (including phenoxy) is 2. The molecule has 1 aliphatic heterocycles. The van der Waals surface area contributed by atoms with Crippen molar-refractivity contribution in [3.05, 3.63) is 29.8 Å². The van der Waals surface area contributed by atoms with Gasteiger partial charge in [-0.2, -0.15) is 0 Å². The molecule has 0 radical (unpaired) electrons. The molecule has 0 amide bonds. The summed E-state index contributed by atoms with van der Waals surface area (Å²) in [6.07, 6.45) is 1.94. The highest BCUT2D eigenvalue weighted by atomic mass is 16.5. The summed E-state index contributed by atoms with van der Waals surface area (Å²) in [6, 6.07) is 7.87. The highest BCUT2D eigenvalue weighted by Gasteiger charge is 2.39. The Morgan fingerprint density at radius 2 is 2.06 bits per heavy atom. The number of methoxy groups -OCH3 is 1. The van der Waals surface area contributed by atoms with Crippen molar-refractivity contribution in [3.8, 4) is 5.75 Å². The SMILES string of the molecule is COc1ccccc1CC1(O)CCOC(C)(C)C1. The molecule has 1 aliphatic rings. The fourth-order valence-electron chi connectivity index (χ4n) is 2.80. The van der Waals surface area contributed by atoms with E-state index in [0.717, 1.165) is 11.3 Å². The summed E-state index contributed by atoms with van der Waals surface area (Å²) < 4.78 is 11.0. The second kappa shape index (κ2) is 4.90. The van der Waals surface area contributed by atoms with Crippen molar-refractivity contribution >= 4 is 0 Å². The molecule has 2 rings (SSSR count). The average Bonchev–Trinajstić information content (AvgIpc) is 2.27. The van der Waals surface area contributed by atoms with Crippen LogP contribution in [0.4, 0.5) is 0 Å². The van der Waals surface area contributed by atoms with Crippen LogP contribution < -0.4 is 4.74 Å². The second-order valence-electron chi connectivity index (χ2n) is 5.75. The van der Waals surface area contributed by atoms with Crippen LogP contribution in [-0.2, 0) is 11.2 Å². The van der Waals surface area contributed by atoms with Crippen LogP contribution in [0, 0.1) is 0 Å². The van der Waals surface area contributed by atoms with Gasteiger partial charge >= 0.3 is 0 Å². The third-order valence-corrected chi connectivity index (χ3v) is 3.53. The van der Waals surface area contributed by atoms with E-state index in [0.29, 0.717) is 25.9 Å². The third-order valence-electron chi connectivity index (χ3n) is 3.53. The molecule has 1 N–H and O–H groups in total. The summed E-state index contributed by atoms with van der Waals surface area (Å²) in [4.78, 5) is 0. The topological polar surface area (TPSA) is 38.7 Å². The number of rotatable bonds is 3. The third kappa shape index (κ3) is 3.03. The molecule has 18 heavy (non-hydrogen) atoms. The lowest BCUT2D eigenvalue weighted by atomic mass is 9.80. The lowest BCUT2D eigenvalue weighted by Gasteiger charge is -2.41. The Labute approximate surface area is 109 Å². The smallest absolute Gasteiger partial charge is 0.122 e. The highest BCUT2D eigenvalue weighted by molar-refractivity contribution is 5.34. The normalized spacial score (nSPS) is 26.9. The molecule has 0 bridgehead atoms. The van der Waals surface area contributed by atoms with Gasteiger partial charge in [0.2, 0.25) is 0 Å². The molecule has 100 valence electrons. The van der Waals surface area contributed by atoms with E-state index in [9.17, 15) is 5.11 Å². The molecule has 3 heteroatoms. The molecule has 0 aliphatic carbocycles. The first-order valence-electron chi connectivity index (χ1n) is 6.42. The molecule has 1 aromatic carbocycles. The Bertz CT molecular complexity index is 414. The fraction of sp³-hybridized carbons (Fsp3) is 0.600. The molecule has 3 nitrogen and oxygen atoms in total. The molecule has 1 saturated heterocycles. The van der Waals surface area contributed by atoms with Crippen molar-refractivity contribution in [2.75, 3.05) is 13.7 Å². The number of para-hydroxylation sites is 1. The van der Waals surface area contributed by atoms with Crippen LogP contribution in [0.15, 0.2) is 24.3 Å². The van der Waals surface area contributed by atoms with Crippen molar-refractivity contribution in [1.82, 2.24) is 0 Å². The summed E-state index contributed by atoms with van der Waals surface area (Å²) in [5.74, 6) is 0.843. The van der Waals surface area contributed by atoms with Crippen LogP contribution in [0.5, 0.6) is 5.75 Å². The largest absolute Gasteiger partial charge is 0.496 e. The molecule has 1 fully saturated rings. The molecular weight excluding hydrogens is 228 g/mol. The van der Waals surface area contributed by atoms with Crippen molar-refractivity contribution in [3.63, 3.8) is 0 Å². The molecule has 1 unspecified atom stereocenters. The number of hydrogen-bond acceptors (Lipinski definition) is 3. The van der Waals surface area contributed by atoms with Crippen LogP contribution in [0.3, 0.4) is 0 Å². The van der Waals surface area contributed by atoms with Gasteiger partial charge in [-0.1, -0.05) is 18.2 Å². The van der Waals surface area contributed by atoms with Crippen LogP contribution in [0.25, 0.3) is 0 Å². The quantitative estimate of drug-likeness (QED) is 0.896. The van der Waals surface area contributed by atoms with Gasteiger partial charge in [0.05, 0.1) is 24.9 Å². The second-order valence-corrected chi connectivity index (χ2v) is 5.75. The Morgan fingerprint density at radius 1 is 1.33 bits per heavy atom. The Hall–Kier alpha value is -1.06. The molecule has 0 saturated carbocycles. The van der Waals surface area contributed by atoms with Crippen LogP contribution in [0.2, 0.25) is 0 Å². The van der Waals surface area contributed by atoms with Gasteiger partial charge < -0.3 is 14.6 Å². The summed E-state index contributed by atoms with van der Waals surface area (Å²) in [7, 11) is 1.66. The van der Waals surface area contributed by atoms with E-state index in [-0.39, 0.29) is 5.60 Å². The number of hydrogen-bond donors (Lipinski definition) is 1. The summed E-state index contributed by atoms with van der Waals surface area (Å²) in [5, 5.41) is 10.7. The van der Waals surface area contributed by atoms with Crippen LogP contribution >= 0.6 is 0 Å². The van der Waals surface area contributed by atoms with Gasteiger partial charge in [0.15, 0.2) is 0 Å². The van der Waals surface area contributed by atoms with Crippen LogP contribution in [-0.4, -0.2) is 30.0 Å². The summed E-state index contributed by atoms with van der Waals surface area (Å²) in [6.45, 7) is 4.66.